The van der Waals surface area contributed by atoms with E-state index in [1.165, 1.54) is 10.8 Å². The van der Waals surface area contributed by atoms with E-state index in [1.54, 1.807) is 0 Å². The van der Waals surface area contributed by atoms with Crippen LogP contribution in [-0.2, 0) is 0 Å². The molecule has 0 saturated carbocycles. The molecule has 0 N–H and O–H groups in total. The summed E-state index contributed by atoms with van der Waals surface area (Å²) in [6.07, 6.45) is 1.90. The molecule has 50 heavy (non-hydrogen) atoms. The van der Waals surface area contributed by atoms with E-state index in [1.807, 2.05) is 24.4 Å². The van der Waals surface area contributed by atoms with Crippen LogP contribution in [0.25, 0.3) is 110 Å². The van der Waals surface area contributed by atoms with Crippen LogP contribution in [0.3, 0.4) is 0 Å². The molecule has 232 valence electrons. The highest BCUT2D eigenvalue weighted by Crippen LogP contribution is 2.42. The highest BCUT2D eigenvalue weighted by atomic mass is 16.3. The van der Waals surface area contributed by atoms with Gasteiger partial charge in [0.05, 0.1) is 28.3 Å². The van der Waals surface area contributed by atoms with Crippen LogP contribution in [0.1, 0.15) is 0 Å². The molecule has 3 heterocycles. The number of fused-ring (bicyclic) bond motifs is 13. The fraction of sp³-hybridized carbons (Fsp3) is 0. The summed E-state index contributed by atoms with van der Waals surface area (Å²) < 4.78 is 12.9. The first-order valence-corrected chi connectivity index (χ1v) is 16.8. The molecule has 11 rings (SSSR count). The van der Waals surface area contributed by atoms with Crippen molar-refractivity contribution >= 4 is 76.5 Å². The second-order valence-corrected chi connectivity index (χ2v) is 12.9. The molecule has 3 aromatic heterocycles. The molecule has 4 heteroatoms. The zero-order chi connectivity index (χ0) is 32.8. The summed E-state index contributed by atoms with van der Waals surface area (Å²) in [5.41, 5.74) is 11.6. The van der Waals surface area contributed by atoms with Gasteiger partial charge >= 0.3 is 0 Å². The lowest BCUT2D eigenvalue weighted by Gasteiger charge is -2.11. The third-order valence-corrected chi connectivity index (χ3v) is 10.1. The summed E-state index contributed by atoms with van der Waals surface area (Å²) in [7, 11) is 0. The Morgan fingerprint density at radius 3 is 1.84 bits per heavy atom. The Balaban J connectivity index is 0.992. The Labute approximate surface area is 285 Å². The number of benzene rings is 8. The van der Waals surface area contributed by atoms with Crippen molar-refractivity contribution in [2.75, 3.05) is 0 Å². The molecule has 11 aromatic rings. The minimum atomic E-state index is 0.836. The smallest absolute Gasteiger partial charge is 0.147 e. The molecule has 0 spiro atoms. The highest BCUT2D eigenvalue weighted by Gasteiger charge is 2.18. The summed E-state index contributed by atoms with van der Waals surface area (Å²) >= 11 is 0. The number of hydrogen-bond donors (Lipinski definition) is 0. The van der Waals surface area contributed by atoms with Crippen LogP contribution in [-0.4, -0.2) is 9.97 Å². The van der Waals surface area contributed by atoms with Gasteiger partial charge in [0, 0.05) is 38.1 Å². The minimum Gasteiger partial charge on any atom is -0.456 e. The van der Waals surface area contributed by atoms with Gasteiger partial charge in [-0.3, -0.25) is 4.98 Å². The first-order chi connectivity index (χ1) is 24.8. The van der Waals surface area contributed by atoms with Crippen LogP contribution in [0.15, 0.2) is 167 Å². The monoisotopic (exact) mass is 638 g/mol. The van der Waals surface area contributed by atoms with Crippen molar-refractivity contribution < 1.29 is 8.83 Å². The Kier molecular flexibility index (Phi) is 5.63. The average molecular weight is 639 g/mol. The third-order valence-electron chi connectivity index (χ3n) is 10.1. The topological polar surface area (TPSA) is 52.1 Å². The van der Waals surface area contributed by atoms with Crippen LogP contribution in [0, 0.1) is 0 Å². The number of furan rings is 2. The Bertz CT molecular complexity index is 3120. The molecule has 0 radical (unpaired) electrons. The van der Waals surface area contributed by atoms with Gasteiger partial charge in [-0.15, -0.1) is 0 Å². The quantitative estimate of drug-likeness (QED) is 0.181. The molecule has 0 bridgehead atoms. The van der Waals surface area contributed by atoms with E-state index in [-0.39, 0.29) is 0 Å². The van der Waals surface area contributed by atoms with Crippen molar-refractivity contribution in [2.45, 2.75) is 0 Å². The summed E-state index contributed by atoms with van der Waals surface area (Å²) in [6, 6.07) is 52.9. The van der Waals surface area contributed by atoms with Gasteiger partial charge in [0.25, 0.3) is 0 Å². The number of aromatic nitrogens is 2. The second-order valence-electron chi connectivity index (χ2n) is 12.9. The summed E-state index contributed by atoms with van der Waals surface area (Å²) in [5, 5.41) is 8.90. The lowest BCUT2D eigenvalue weighted by Crippen LogP contribution is -1.92. The molecule has 0 fully saturated rings. The van der Waals surface area contributed by atoms with Crippen molar-refractivity contribution in [3.63, 3.8) is 0 Å². The van der Waals surface area contributed by atoms with E-state index in [4.69, 9.17) is 18.8 Å². The first-order valence-electron chi connectivity index (χ1n) is 16.8. The minimum absolute atomic E-state index is 0.836. The highest BCUT2D eigenvalue weighted by molar-refractivity contribution is 6.24. The Hall–Kier alpha value is -6.78. The van der Waals surface area contributed by atoms with Crippen molar-refractivity contribution in [3.8, 4) is 33.5 Å². The molecular formula is C46H26N2O2. The number of rotatable bonds is 3. The van der Waals surface area contributed by atoms with Gasteiger partial charge in [0.2, 0.25) is 0 Å². The van der Waals surface area contributed by atoms with Crippen LogP contribution < -0.4 is 0 Å². The van der Waals surface area contributed by atoms with Gasteiger partial charge in [-0.1, -0.05) is 127 Å². The van der Waals surface area contributed by atoms with E-state index < -0.39 is 0 Å². The van der Waals surface area contributed by atoms with Gasteiger partial charge in [-0.25, -0.2) is 4.98 Å². The molecular weight excluding hydrogens is 613 g/mol. The van der Waals surface area contributed by atoms with Crippen LogP contribution in [0.4, 0.5) is 0 Å². The SMILES string of the molecule is c1cc(-c2ccc(-c3cccc4c3oc3c4ccc4oc5ccccc5c43)cc2)cc(-c2cnc3c4ccccc4c4ccccc4c3n2)c1. The maximum atomic E-state index is 6.71. The molecule has 0 aliphatic carbocycles. The molecule has 0 aliphatic rings. The zero-order valence-electron chi connectivity index (χ0n) is 26.7. The van der Waals surface area contributed by atoms with Crippen LogP contribution in [0.5, 0.6) is 0 Å². The van der Waals surface area contributed by atoms with Gasteiger partial charge in [-0.05, 0) is 51.7 Å². The maximum absolute atomic E-state index is 6.71. The second kappa shape index (κ2) is 10.4. The van der Waals surface area contributed by atoms with Crippen molar-refractivity contribution in [1.82, 2.24) is 9.97 Å². The maximum Gasteiger partial charge on any atom is 0.147 e. The third kappa shape index (κ3) is 3.93. The summed E-state index contributed by atoms with van der Waals surface area (Å²) in [5.74, 6) is 0. The lowest BCUT2D eigenvalue weighted by molar-refractivity contribution is 0.663. The van der Waals surface area contributed by atoms with Crippen molar-refractivity contribution in [3.05, 3.63) is 158 Å². The van der Waals surface area contributed by atoms with Crippen LogP contribution >= 0.6 is 0 Å². The normalized spacial score (nSPS) is 12.0. The largest absolute Gasteiger partial charge is 0.456 e. The number of nitrogens with zero attached hydrogens (tertiary/aromatic N) is 2. The molecule has 0 aliphatic heterocycles. The van der Waals surface area contributed by atoms with Crippen molar-refractivity contribution in [1.29, 1.82) is 0 Å². The lowest BCUT2D eigenvalue weighted by atomic mass is 9.97. The van der Waals surface area contributed by atoms with Gasteiger partial charge in [0.15, 0.2) is 0 Å². The summed E-state index contributed by atoms with van der Waals surface area (Å²) in [4.78, 5) is 10.2. The van der Waals surface area contributed by atoms with E-state index in [9.17, 15) is 0 Å². The van der Waals surface area contributed by atoms with E-state index >= 15 is 0 Å². The average Bonchev–Trinajstić information content (AvgIpc) is 3.76. The first kappa shape index (κ1) is 27.2. The van der Waals surface area contributed by atoms with Gasteiger partial charge < -0.3 is 8.83 Å². The molecule has 0 atom stereocenters. The Morgan fingerprint density at radius 2 is 1.02 bits per heavy atom. The van der Waals surface area contributed by atoms with Crippen LogP contribution in [0.2, 0.25) is 0 Å². The van der Waals surface area contributed by atoms with E-state index in [0.29, 0.717) is 0 Å². The van der Waals surface area contributed by atoms with E-state index in [2.05, 4.69) is 133 Å². The molecule has 0 unspecified atom stereocenters. The fourth-order valence-electron chi connectivity index (χ4n) is 7.75. The number of para-hydroxylation sites is 2. The predicted molar refractivity (Wildman–Crippen MR) is 205 cm³/mol. The molecule has 8 aromatic carbocycles. The van der Waals surface area contributed by atoms with Gasteiger partial charge in [0.1, 0.15) is 22.3 Å². The number of hydrogen-bond acceptors (Lipinski definition) is 4. The van der Waals surface area contributed by atoms with E-state index in [0.717, 1.165) is 99.2 Å². The Morgan fingerprint density at radius 1 is 0.380 bits per heavy atom. The van der Waals surface area contributed by atoms with Crippen molar-refractivity contribution in [2.24, 2.45) is 0 Å². The molecule has 0 saturated heterocycles. The standard InChI is InChI=1S/C46H26N2O2/c1-3-13-34-32(11-1)33-12-2-4-14-35(33)44-43(34)47-26-39(48-44)30-10-7-9-29(25-30)27-19-21-28(22-20-27)31-16-8-17-36-37-23-24-41-42(46(37)50-45(31)36)38-15-5-6-18-40(38)49-41/h1-26H. The van der Waals surface area contributed by atoms with Gasteiger partial charge in [-0.2, -0.15) is 0 Å². The fourth-order valence-corrected chi connectivity index (χ4v) is 7.75. The summed E-state index contributed by atoms with van der Waals surface area (Å²) in [6.45, 7) is 0. The molecule has 4 nitrogen and oxygen atoms in total. The zero-order valence-corrected chi connectivity index (χ0v) is 26.7. The molecule has 0 amide bonds. The predicted octanol–water partition coefficient (Wildman–Crippen LogP) is 12.7.